The monoisotopic (exact) mass is 264 g/mol. The van der Waals surface area contributed by atoms with Crippen LogP contribution in [-0.2, 0) is 4.74 Å². The van der Waals surface area contributed by atoms with Gasteiger partial charge in [-0.15, -0.1) is 0 Å². The van der Waals surface area contributed by atoms with Gasteiger partial charge >= 0.3 is 0 Å². The third-order valence-electron chi connectivity index (χ3n) is 3.64. The molecule has 0 bridgehead atoms. The SMILES string of the molecule is CCC(O)c1ccccc1OCC1CCC(C)(C)O1. The summed E-state index contributed by atoms with van der Waals surface area (Å²) >= 11 is 0. The van der Waals surface area contributed by atoms with Gasteiger partial charge in [0.25, 0.3) is 0 Å². The van der Waals surface area contributed by atoms with Crippen LogP contribution in [0.1, 0.15) is 51.7 Å². The average Bonchev–Trinajstić information content (AvgIpc) is 2.75. The van der Waals surface area contributed by atoms with Crippen molar-refractivity contribution < 1.29 is 14.6 Å². The number of aliphatic hydroxyl groups excluding tert-OH is 1. The number of benzene rings is 1. The highest BCUT2D eigenvalue weighted by Gasteiger charge is 2.32. The molecule has 0 radical (unpaired) electrons. The van der Waals surface area contributed by atoms with E-state index in [0.29, 0.717) is 13.0 Å². The summed E-state index contributed by atoms with van der Waals surface area (Å²) < 4.78 is 11.8. The summed E-state index contributed by atoms with van der Waals surface area (Å²) in [6.07, 6.45) is 2.48. The highest BCUT2D eigenvalue weighted by molar-refractivity contribution is 5.35. The van der Waals surface area contributed by atoms with Crippen molar-refractivity contribution in [2.75, 3.05) is 6.61 Å². The van der Waals surface area contributed by atoms with Gasteiger partial charge in [-0.05, 0) is 39.2 Å². The molecule has 1 heterocycles. The number of hydrogen-bond acceptors (Lipinski definition) is 3. The van der Waals surface area contributed by atoms with Gasteiger partial charge in [0.2, 0.25) is 0 Å². The minimum atomic E-state index is -0.461. The topological polar surface area (TPSA) is 38.7 Å². The molecular weight excluding hydrogens is 240 g/mol. The van der Waals surface area contributed by atoms with Crippen molar-refractivity contribution in [2.45, 2.75) is 57.8 Å². The normalized spacial score (nSPS) is 23.3. The van der Waals surface area contributed by atoms with E-state index in [-0.39, 0.29) is 11.7 Å². The first-order valence-corrected chi connectivity index (χ1v) is 7.09. The molecule has 1 aliphatic heterocycles. The summed E-state index contributed by atoms with van der Waals surface area (Å²) in [5.41, 5.74) is 0.832. The van der Waals surface area contributed by atoms with E-state index in [1.54, 1.807) is 0 Å². The van der Waals surface area contributed by atoms with Crippen LogP contribution in [0, 0.1) is 0 Å². The third-order valence-corrected chi connectivity index (χ3v) is 3.64. The third kappa shape index (κ3) is 3.71. The maximum absolute atomic E-state index is 9.97. The molecule has 1 aromatic rings. The molecule has 1 aliphatic rings. The van der Waals surface area contributed by atoms with Crippen molar-refractivity contribution in [2.24, 2.45) is 0 Å². The maximum Gasteiger partial charge on any atom is 0.125 e. The number of ether oxygens (including phenoxy) is 2. The van der Waals surface area contributed by atoms with Crippen molar-refractivity contribution in [1.29, 1.82) is 0 Å². The lowest BCUT2D eigenvalue weighted by Crippen LogP contribution is -2.24. The molecule has 106 valence electrons. The van der Waals surface area contributed by atoms with Crippen LogP contribution in [-0.4, -0.2) is 23.4 Å². The molecule has 0 amide bonds. The Hall–Kier alpha value is -1.06. The predicted molar refractivity (Wildman–Crippen MR) is 75.4 cm³/mol. The van der Waals surface area contributed by atoms with E-state index in [1.165, 1.54) is 0 Å². The zero-order valence-corrected chi connectivity index (χ0v) is 12.1. The molecule has 3 nitrogen and oxygen atoms in total. The van der Waals surface area contributed by atoms with Gasteiger partial charge < -0.3 is 14.6 Å². The Morgan fingerprint density at radius 3 is 2.79 bits per heavy atom. The van der Waals surface area contributed by atoms with Crippen LogP contribution in [0.2, 0.25) is 0 Å². The first-order chi connectivity index (χ1) is 9.02. The largest absolute Gasteiger partial charge is 0.490 e. The minimum absolute atomic E-state index is 0.0313. The predicted octanol–water partition coefficient (Wildman–Crippen LogP) is 3.47. The lowest BCUT2D eigenvalue weighted by molar-refractivity contribution is -0.0330. The van der Waals surface area contributed by atoms with Crippen LogP contribution >= 0.6 is 0 Å². The summed E-state index contributed by atoms with van der Waals surface area (Å²) in [4.78, 5) is 0. The standard InChI is InChI=1S/C16H24O3/c1-4-14(17)13-7-5-6-8-15(13)18-11-12-9-10-16(2,3)19-12/h5-8,12,14,17H,4,9-11H2,1-3H3. The molecule has 2 rings (SSSR count). The summed E-state index contributed by atoms with van der Waals surface area (Å²) in [6.45, 7) is 6.74. The number of hydrogen-bond donors (Lipinski definition) is 1. The molecule has 3 heteroatoms. The molecule has 19 heavy (non-hydrogen) atoms. The highest BCUT2D eigenvalue weighted by atomic mass is 16.6. The average molecular weight is 264 g/mol. The first-order valence-electron chi connectivity index (χ1n) is 7.09. The van der Waals surface area contributed by atoms with Crippen molar-refractivity contribution in [3.05, 3.63) is 29.8 Å². The second-order valence-electron chi connectivity index (χ2n) is 5.81. The fraction of sp³-hybridized carbons (Fsp3) is 0.625. The smallest absolute Gasteiger partial charge is 0.125 e. The van der Waals surface area contributed by atoms with Crippen molar-refractivity contribution >= 4 is 0 Å². The van der Waals surface area contributed by atoms with E-state index < -0.39 is 6.10 Å². The van der Waals surface area contributed by atoms with Crippen LogP contribution in [0.4, 0.5) is 0 Å². The Morgan fingerprint density at radius 2 is 2.16 bits per heavy atom. The Labute approximate surface area is 115 Å². The molecular formula is C16H24O3. The Morgan fingerprint density at radius 1 is 1.42 bits per heavy atom. The Kier molecular flexibility index (Phi) is 4.48. The van der Waals surface area contributed by atoms with Crippen molar-refractivity contribution in [3.8, 4) is 5.75 Å². The fourth-order valence-electron chi connectivity index (χ4n) is 2.48. The van der Waals surface area contributed by atoms with Gasteiger partial charge in [-0.1, -0.05) is 25.1 Å². The van der Waals surface area contributed by atoms with Gasteiger partial charge in [0.15, 0.2) is 0 Å². The summed E-state index contributed by atoms with van der Waals surface area (Å²) in [7, 11) is 0. The van der Waals surface area contributed by atoms with E-state index in [1.807, 2.05) is 31.2 Å². The van der Waals surface area contributed by atoms with Crippen molar-refractivity contribution in [3.63, 3.8) is 0 Å². The van der Waals surface area contributed by atoms with Gasteiger partial charge in [0.1, 0.15) is 12.4 Å². The van der Waals surface area contributed by atoms with E-state index >= 15 is 0 Å². The summed E-state index contributed by atoms with van der Waals surface area (Å²) in [5.74, 6) is 0.769. The van der Waals surface area contributed by atoms with Crippen LogP contribution in [0.5, 0.6) is 5.75 Å². The molecule has 1 N–H and O–H groups in total. The second kappa shape index (κ2) is 5.93. The number of aliphatic hydroxyl groups is 1. The summed E-state index contributed by atoms with van der Waals surface area (Å²) in [6, 6.07) is 7.69. The van der Waals surface area contributed by atoms with Gasteiger partial charge in [-0.2, -0.15) is 0 Å². The van der Waals surface area contributed by atoms with E-state index in [0.717, 1.165) is 24.2 Å². The highest BCUT2D eigenvalue weighted by Crippen LogP contribution is 2.31. The quantitative estimate of drug-likeness (QED) is 0.885. The number of rotatable bonds is 5. The fourth-order valence-corrected chi connectivity index (χ4v) is 2.48. The van der Waals surface area contributed by atoms with E-state index in [2.05, 4.69) is 13.8 Å². The lowest BCUT2D eigenvalue weighted by Gasteiger charge is -2.20. The van der Waals surface area contributed by atoms with Crippen LogP contribution in [0.25, 0.3) is 0 Å². The molecule has 0 aliphatic carbocycles. The van der Waals surface area contributed by atoms with Gasteiger partial charge in [-0.3, -0.25) is 0 Å². The molecule has 2 atom stereocenters. The molecule has 0 saturated carbocycles. The zero-order valence-electron chi connectivity index (χ0n) is 12.1. The van der Waals surface area contributed by atoms with Crippen LogP contribution < -0.4 is 4.74 Å². The molecule has 1 saturated heterocycles. The van der Waals surface area contributed by atoms with Crippen LogP contribution in [0.15, 0.2) is 24.3 Å². The van der Waals surface area contributed by atoms with Gasteiger partial charge in [0.05, 0.1) is 17.8 Å². The maximum atomic E-state index is 9.97. The molecule has 1 aromatic carbocycles. The van der Waals surface area contributed by atoms with Crippen LogP contribution in [0.3, 0.4) is 0 Å². The lowest BCUT2D eigenvalue weighted by atomic mass is 10.1. The Bertz CT molecular complexity index is 414. The van der Waals surface area contributed by atoms with E-state index in [4.69, 9.17) is 9.47 Å². The van der Waals surface area contributed by atoms with Gasteiger partial charge in [0, 0.05) is 5.56 Å². The number of para-hydroxylation sites is 1. The Balaban J connectivity index is 1.96. The van der Waals surface area contributed by atoms with Crippen molar-refractivity contribution in [1.82, 2.24) is 0 Å². The first kappa shape index (κ1) is 14.4. The molecule has 1 fully saturated rings. The van der Waals surface area contributed by atoms with Gasteiger partial charge in [-0.25, -0.2) is 0 Å². The van der Waals surface area contributed by atoms with E-state index in [9.17, 15) is 5.11 Å². The second-order valence-corrected chi connectivity index (χ2v) is 5.81. The summed E-state index contributed by atoms with van der Waals surface area (Å²) in [5, 5.41) is 9.97. The molecule has 0 spiro atoms. The minimum Gasteiger partial charge on any atom is -0.490 e. The zero-order chi connectivity index (χ0) is 13.9. The molecule has 0 aromatic heterocycles. The molecule has 2 unspecified atom stereocenters.